The van der Waals surface area contributed by atoms with Crippen LogP contribution in [0.25, 0.3) is 11.1 Å². The van der Waals surface area contributed by atoms with Crippen LogP contribution in [0.15, 0.2) is 42.5 Å². The lowest BCUT2D eigenvalue weighted by atomic mass is 9.89. The van der Waals surface area contributed by atoms with Gasteiger partial charge in [-0.05, 0) is 49.6 Å². The monoisotopic (exact) mass is 459 g/mol. The molecular formula is C25H33NO7. The predicted molar refractivity (Wildman–Crippen MR) is 123 cm³/mol. The van der Waals surface area contributed by atoms with Crippen LogP contribution in [0, 0.1) is 0 Å². The molecular weight excluding hydrogens is 426 g/mol. The standard InChI is InChI=1S/C25H33NO7/c1-15(27)26-13-12-16-10-11-17(14-19(16)18-8-6-7-9-20(18)30-4)32-24-22(29)21(28)23(31-5)25(2,3)33-24/h6-11,14,21-24,28-29H,12-13H2,1-5H3,(H,26,27)/t21-,22+,23+,24?/m0/s1. The molecule has 0 radical (unpaired) electrons. The number of benzene rings is 2. The second-order valence-corrected chi connectivity index (χ2v) is 8.60. The zero-order chi connectivity index (χ0) is 24.2. The number of aliphatic hydroxyl groups is 2. The van der Waals surface area contributed by atoms with Gasteiger partial charge in [0.2, 0.25) is 12.2 Å². The van der Waals surface area contributed by atoms with Crippen molar-refractivity contribution in [1.82, 2.24) is 5.32 Å². The van der Waals surface area contributed by atoms with Crippen LogP contribution in [0.2, 0.25) is 0 Å². The molecule has 1 aliphatic heterocycles. The lowest BCUT2D eigenvalue weighted by Gasteiger charge is -2.46. The van der Waals surface area contributed by atoms with Gasteiger partial charge in [-0.25, -0.2) is 0 Å². The van der Waals surface area contributed by atoms with Crippen LogP contribution in [0.1, 0.15) is 26.3 Å². The normalized spacial score (nSPS) is 24.2. The van der Waals surface area contributed by atoms with Gasteiger partial charge in [0.1, 0.15) is 29.8 Å². The van der Waals surface area contributed by atoms with Crippen LogP contribution in [0.5, 0.6) is 11.5 Å². The Morgan fingerprint density at radius 2 is 1.82 bits per heavy atom. The van der Waals surface area contributed by atoms with Crippen molar-refractivity contribution in [3.8, 4) is 22.6 Å². The van der Waals surface area contributed by atoms with Crippen LogP contribution in [0.3, 0.4) is 0 Å². The maximum Gasteiger partial charge on any atom is 0.229 e. The molecule has 1 heterocycles. The molecule has 0 aromatic heterocycles. The highest BCUT2D eigenvalue weighted by Crippen LogP contribution is 2.37. The van der Waals surface area contributed by atoms with E-state index in [1.54, 1.807) is 27.0 Å². The summed E-state index contributed by atoms with van der Waals surface area (Å²) in [6, 6.07) is 13.2. The van der Waals surface area contributed by atoms with Crippen molar-refractivity contribution in [3.05, 3.63) is 48.0 Å². The molecule has 33 heavy (non-hydrogen) atoms. The minimum atomic E-state index is -1.29. The van der Waals surface area contributed by atoms with Gasteiger partial charge in [0.15, 0.2) is 0 Å². The number of rotatable bonds is 8. The van der Waals surface area contributed by atoms with Gasteiger partial charge < -0.3 is 34.5 Å². The van der Waals surface area contributed by atoms with E-state index in [-0.39, 0.29) is 5.91 Å². The van der Waals surface area contributed by atoms with Gasteiger partial charge in [0.05, 0.1) is 12.7 Å². The van der Waals surface area contributed by atoms with E-state index in [1.807, 2.05) is 36.4 Å². The Bertz CT molecular complexity index is 962. The third kappa shape index (κ3) is 5.65. The van der Waals surface area contributed by atoms with Gasteiger partial charge in [0.25, 0.3) is 0 Å². The molecule has 1 amide bonds. The summed E-state index contributed by atoms with van der Waals surface area (Å²) in [5, 5.41) is 23.9. The first kappa shape index (κ1) is 25.0. The van der Waals surface area contributed by atoms with Crippen LogP contribution in [-0.4, -0.2) is 67.1 Å². The number of aliphatic hydroxyl groups excluding tert-OH is 2. The van der Waals surface area contributed by atoms with E-state index in [1.165, 1.54) is 14.0 Å². The molecule has 1 aliphatic rings. The van der Waals surface area contributed by atoms with Crippen LogP contribution >= 0.6 is 0 Å². The lowest BCUT2D eigenvalue weighted by Crippen LogP contribution is -2.63. The van der Waals surface area contributed by atoms with Crippen molar-refractivity contribution in [3.63, 3.8) is 0 Å². The largest absolute Gasteiger partial charge is 0.496 e. The number of hydrogen-bond acceptors (Lipinski definition) is 7. The quantitative estimate of drug-likeness (QED) is 0.556. The Balaban J connectivity index is 1.93. The fourth-order valence-corrected chi connectivity index (χ4v) is 4.18. The van der Waals surface area contributed by atoms with Crippen molar-refractivity contribution in [1.29, 1.82) is 0 Å². The predicted octanol–water partition coefficient (Wildman–Crippen LogP) is 2.29. The number of methoxy groups -OCH3 is 2. The van der Waals surface area contributed by atoms with Crippen LogP contribution in [-0.2, 0) is 20.7 Å². The van der Waals surface area contributed by atoms with Gasteiger partial charge in [-0.2, -0.15) is 0 Å². The highest BCUT2D eigenvalue weighted by molar-refractivity contribution is 5.75. The first-order valence-corrected chi connectivity index (χ1v) is 10.9. The Kier molecular flexibility index (Phi) is 7.97. The SMILES string of the molecule is COc1ccccc1-c1cc(OC2OC(C)(C)[C@H](OC)[C@@H](O)[C@H]2O)ccc1CCNC(C)=O. The molecule has 0 spiro atoms. The Morgan fingerprint density at radius 1 is 1.09 bits per heavy atom. The van der Waals surface area contributed by atoms with Gasteiger partial charge in [0, 0.05) is 26.1 Å². The van der Waals surface area contributed by atoms with Crippen LogP contribution in [0.4, 0.5) is 0 Å². The molecule has 3 N–H and O–H groups in total. The summed E-state index contributed by atoms with van der Waals surface area (Å²) < 4.78 is 22.8. The van der Waals surface area contributed by atoms with Crippen molar-refractivity contribution in [2.24, 2.45) is 0 Å². The molecule has 180 valence electrons. The molecule has 4 atom stereocenters. The average molecular weight is 460 g/mol. The van der Waals surface area contributed by atoms with Gasteiger partial charge in [-0.1, -0.05) is 24.3 Å². The van der Waals surface area contributed by atoms with E-state index < -0.39 is 30.2 Å². The number of nitrogens with one attached hydrogen (secondary N) is 1. The Morgan fingerprint density at radius 3 is 2.48 bits per heavy atom. The van der Waals surface area contributed by atoms with E-state index in [0.29, 0.717) is 24.5 Å². The van der Waals surface area contributed by atoms with Crippen molar-refractivity contribution >= 4 is 5.91 Å². The molecule has 2 aromatic carbocycles. The second-order valence-electron chi connectivity index (χ2n) is 8.60. The Hall–Kier alpha value is -2.65. The summed E-state index contributed by atoms with van der Waals surface area (Å²) in [5.41, 5.74) is 1.86. The van der Waals surface area contributed by atoms with E-state index in [4.69, 9.17) is 18.9 Å². The molecule has 1 fully saturated rings. The molecule has 3 rings (SSSR count). The summed E-state index contributed by atoms with van der Waals surface area (Å²) in [6.07, 6.45) is -3.65. The highest BCUT2D eigenvalue weighted by Gasteiger charge is 2.50. The van der Waals surface area contributed by atoms with Crippen LogP contribution < -0.4 is 14.8 Å². The smallest absolute Gasteiger partial charge is 0.229 e. The maximum absolute atomic E-state index is 11.3. The molecule has 2 aromatic rings. The van der Waals surface area contributed by atoms with Gasteiger partial charge in [-0.3, -0.25) is 4.79 Å². The van der Waals surface area contributed by atoms with Gasteiger partial charge >= 0.3 is 0 Å². The second kappa shape index (κ2) is 10.5. The summed E-state index contributed by atoms with van der Waals surface area (Å²) in [6.45, 7) is 5.52. The first-order valence-electron chi connectivity index (χ1n) is 10.9. The first-order chi connectivity index (χ1) is 15.7. The number of amides is 1. The number of carbonyl (C=O) groups excluding carboxylic acids is 1. The van der Waals surface area contributed by atoms with E-state index >= 15 is 0 Å². The average Bonchev–Trinajstić information content (AvgIpc) is 2.78. The fraction of sp³-hybridized carbons (Fsp3) is 0.480. The summed E-state index contributed by atoms with van der Waals surface area (Å²) >= 11 is 0. The van der Waals surface area contributed by atoms with E-state index in [9.17, 15) is 15.0 Å². The zero-order valence-electron chi connectivity index (χ0n) is 19.7. The van der Waals surface area contributed by atoms with Crippen molar-refractivity contribution in [2.75, 3.05) is 20.8 Å². The van der Waals surface area contributed by atoms with Gasteiger partial charge in [-0.15, -0.1) is 0 Å². The minimum absolute atomic E-state index is 0.0900. The number of ether oxygens (including phenoxy) is 4. The molecule has 0 saturated carbocycles. The van der Waals surface area contributed by atoms with E-state index in [0.717, 1.165) is 16.7 Å². The topological polar surface area (TPSA) is 106 Å². The molecule has 8 heteroatoms. The molecule has 8 nitrogen and oxygen atoms in total. The highest BCUT2D eigenvalue weighted by atomic mass is 16.7. The Labute approximate surface area is 194 Å². The lowest BCUT2D eigenvalue weighted by molar-refractivity contribution is -0.305. The third-order valence-corrected chi connectivity index (χ3v) is 5.80. The number of para-hydroxylation sites is 1. The number of hydrogen-bond donors (Lipinski definition) is 3. The molecule has 0 bridgehead atoms. The summed E-state index contributed by atoms with van der Waals surface area (Å²) in [4.78, 5) is 11.3. The molecule has 1 saturated heterocycles. The minimum Gasteiger partial charge on any atom is -0.496 e. The molecule has 0 aliphatic carbocycles. The fourth-order valence-electron chi connectivity index (χ4n) is 4.18. The van der Waals surface area contributed by atoms with E-state index in [2.05, 4.69) is 5.32 Å². The maximum atomic E-state index is 11.3. The van der Waals surface area contributed by atoms with Crippen molar-refractivity contribution in [2.45, 2.75) is 57.4 Å². The summed E-state index contributed by atoms with van der Waals surface area (Å²) in [7, 11) is 3.07. The third-order valence-electron chi connectivity index (χ3n) is 5.80. The van der Waals surface area contributed by atoms with Crippen molar-refractivity contribution < 1.29 is 34.0 Å². The molecule has 1 unspecified atom stereocenters. The zero-order valence-corrected chi connectivity index (χ0v) is 19.7. The summed E-state index contributed by atoms with van der Waals surface area (Å²) in [5.74, 6) is 1.07. The number of carbonyl (C=O) groups is 1.